The zero-order valence-electron chi connectivity index (χ0n) is 25.0. The van der Waals surface area contributed by atoms with Crippen molar-refractivity contribution in [3.05, 3.63) is 65.2 Å². The van der Waals surface area contributed by atoms with Crippen LogP contribution in [0.3, 0.4) is 0 Å². The largest absolute Gasteiger partial charge is 0.474 e. The van der Waals surface area contributed by atoms with Crippen LogP contribution in [-0.4, -0.2) is 50.2 Å². The van der Waals surface area contributed by atoms with E-state index in [1.807, 2.05) is 48.5 Å². The molecular formula is C30H44N5O6P. The van der Waals surface area contributed by atoms with E-state index in [1.54, 1.807) is 25.8 Å². The number of unbranched alkanes of at least 4 members (excludes halogenated alkanes) is 3. The van der Waals surface area contributed by atoms with Gasteiger partial charge in [0.1, 0.15) is 0 Å². The first-order chi connectivity index (χ1) is 20.1. The molecular weight excluding hydrogens is 557 g/mol. The third kappa shape index (κ3) is 9.14. The molecule has 2 amide bonds. The number of benzene rings is 2. The van der Waals surface area contributed by atoms with E-state index in [4.69, 9.17) is 25.1 Å². The van der Waals surface area contributed by atoms with Gasteiger partial charge in [-0.1, -0.05) is 55.3 Å². The Bertz CT molecular complexity index is 1300. The normalized spacial score (nSPS) is 16.2. The molecule has 5 N–H and O–H groups in total. The van der Waals surface area contributed by atoms with Crippen molar-refractivity contribution in [1.82, 2.24) is 10.3 Å². The van der Waals surface area contributed by atoms with Crippen molar-refractivity contribution >= 4 is 36.7 Å². The highest BCUT2D eigenvalue weighted by Crippen LogP contribution is 2.49. The molecule has 42 heavy (non-hydrogen) atoms. The van der Waals surface area contributed by atoms with Gasteiger partial charge < -0.3 is 21.0 Å². The summed E-state index contributed by atoms with van der Waals surface area (Å²) in [5.74, 6) is 5.87. The lowest BCUT2D eigenvalue weighted by atomic mass is 9.95. The van der Waals surface area contributed by atoms with Crippen LogP contribution in [0.2, 0.25) is 0 Å². The first-order valence-electron chi connectivity index (χ1n) is 14.3. The SMILES string of the molecule is COP(=O)(OCCCCCCNC(=O)CCC(=O)N1Cc2ccccc2/C(N)=C(/N(C)N)c2ccccc21)OC(C)C. The van der Waals surface area contributed by atoms with Gasteiger partial charge in [0.15, 0.2) is 0 Å². The summed E-state index contributed by atoms with van der Waals surface area (Å²) < 4.78 is 27.7. The average Bonchev–Trinajstić information content (AvgIpc) is 2.95. The molecule has 0 radical (unpaired) electrons. The standard InChI is InChI=1S/C30H44N5O6P/c1-22(2)41-42(38,39-4)40-20-12-6-5-11-19-33-27(36)17-18-28(37)35-21-23-13-7-8-14-24(23)29(31)30(34(3)32)25-15-9-10-16-26(25)35/h7-10,13-16,22H,5-6,11-12,17-21,31-32H2,1-4H3,(H,33,36)/b30-29-. The van der Waals surface area contributed by atoms with Gasteiger partial charge in [-0.3, -0.25) is 23.2 Å². The van der Waals surface area contributed by atoms with Gasteiger partial charge in [-0.2, -0.15) is 0 Å². The number of nitrogens with one attached hydrogen (secondary N) is 1. The Hall–Kier alpha value is -3.21. The highest BCUT2D eigenvalue weighted by molar-refractivity contribution is 7.48. The Morgan fingerprint density at radius 3 is 2.38 bits per heavy atom. The summed E-state index contributed by atoms with van der Waals surface area (Å²) in [6.07, 6.45) is 3.06. The zero-order valence-corrected chi connectivity index (χ0v) is 25.9. The van der Waals surface area contributed by atoms with E-state index in [0.717, 1.165) is 36.0 Å². The maximum Gasteiger partial charge on any atom is 0.474 e. The van der Waals surface area contributed by atoms with Gasteiger partial charge in [0, 0.05) is 44.7 Å². The molecule has 0 bridgehead atoms. The Morgan fingerprint density at radius 1 is 1.02 bits per heavy atom. The molecule has 1 heterocycles. The first-order valence-corrected chi connectivity index (χ1v) is 15.7. The van der Waals surface area contributed by atoms with Crippen molar-refractivity contribution in [3.8, 4) is 0 Å². The number of hydrazine groups is 1. The summed E-state index contributed by atoms with van der Waals surface area (Å²) in [5, 5.41) is 4.37. The molecule has 0 spiro atoms. The number of para-hydroxylation sites is 1. The molecule has 1 atom stereocenters. The van der Waals surface area contributed by atoms with Crippen LogP contribution >= 0.6 is 7.82 Å². The lowest BCUT2D eigenvalue weighted by Gasteiger charge is -2.32. The molecule has 3 rings (SSSR count). The molecule has 12 heteroatoms. The fraction of sp³-hybridized carbons (Fsp3) is 0.467. The number of nitrogens with zero attached hydrogens (tertiary/aromatic N) is 2. The van der Waals surface area contributed by atoms with Crippen molar-refractivity contribution < 1.29 is 27.7 Å². The number of anilines is 1. The van der Waals surface area contributed by atoms with Crippen molar-refractivity contribution in [3.63, 3.8) is 0 Å². The van der Waals surface area contributed by atoms with E-state index in [9.17, 15) is 14.2 Å². The average molecular weight is 602 g/mol. The number of carbonyl (C=O) groups excluding carboxylic acids is 2. The third-order valence-corrected chi connectivity index (χ3v) is 8.39. The van der Waals surface area contributed by atoms with Crippen LogP contribution < -0.4 is 21.8 Å². The van der Waals surface area contributed by atoms with Crippen LogP contribution in [0.1, 0.15) is 69.1 Å². The van der Waals surface area contributed by atoms with Gasteiger partial charge in [-0.15, -0.1) is 0 Å². The van der Waals surface area contributed by atoms with Crippen LogP contribution in [-0.2, 0) is 34.3 Å². The van der Waals surface area contributed by atoms with Crippen LogP contribution in [0.5, 0.6) is 0 Å². The molecule has 0 fully saturated rings. The Balaban J connectivity index is 1.51. The second kappa shape index (κ2) is 15.9. The maximum absolute atomic E-state index is 13.5. The molecule has 0 aliphatic carbocycles. The highest BCUT2D eigenvalue weighted by Gasteiger charge is 2.28. The number of fused-ring (bicyclic) bond motifs is 2. The molecule has 230 valence electrons. The van der Waals surface area contributed by atoms with Gasteiger partial charge in [0.05, 0.1) is 36.3 Å². The minimum absolute atomic E-state index is 0.0602. The minimum Gasteiger partial charge on any atom is -0.396 e. The van der Waals surface area contributed by atoms with Crippen LogP contribution in [0.4, 0.5) is 5.69 Å². The summed E-state index contributed by atoms with van der Waals surface area (Å²) in [4.78, 5) is 27.8. The van der Waals surface area contributed by atoms with Crippen molar-refractivity contribution in [2.24, 2.45) is 11.6 Å². The van der Waals surface area contributed by atoms with Crippen molar-refractivity contribution in [1.29, 1.82) is 0 Å². The predicted molar refractivity (Wildman–Crippen MR) is 165 cm³/mol. The summed E-state index contributed by atoms with van der Waals surface area (Å²) >= 11 is 0. The fourth-order valence-corrected chi connectivity index (χ4v) is 5.90. The van der Waals surface area contributed by atoms with E-state index >= 15 is 0 Å². The second-order valence-corrected chi connectivity index (χ2v) is 12.1. The van der Waals surface area contributed by atoms with Gasteiger partial charge in [-0.25, -0.2) is 10.4 Å². The summed E-state index contributed by atoms with van der Waals surface area (Å²) in [6.45, 7) is 4.62. The number of phosphoric acid groups is 1. The number of hydrogen-bond donors (Lipinski definition) is 3. The predicted octanol–water partition coefficient (Wildman–Crippen LogP) is 4.78. The van der Waals surface area contributed by atoms with E-state index in [2.05, 4.69) is 5.32 Å². The smallest absolute Gasteiger partial charge is 0.396 e. The second-order valence-electron chi connectivity index (χ2n) is 10.4. The molecule has 2 aromatic rings. The Morgan fingerprint density at radius 2 is 1.69 bits per heavy atom. The van der Waals surface area contributed by atoms with E-state index < -0.39 is 7.82 Å². The first kappa shape index (κ1) is 33.3. The summed E-state index contributed by atoms with van der Waals surface area (Å²) in [7, 11) is -0.489. The van der Waals surface area contributed by atoms with E-state index in [0.29, 0.717) is 36.6 Å². The zero-order chi connectivity index (χ0) is 30.7. The number of carbonyl (C=O) groups is 2. The van der Waals surface area contributed by atoms with Gasteiger partial charge in [-0.05, 0) is 38.3 Å². The molecule has 0 saturated heterocycles. The molecule has 1 aliphatic rings. The molecule has 0 saturated carbocycles. The quantitative estimate of drug-likeness (QED) is 0.113. The molecule has 2 aromatic carbocycles. The monoisotopic (exact) mass is 601 g/mol. The number of nitrogens with two attached hydrogens (primary N) is 2. The Kier molecular flexibility index (Phi) is 12.6. The number of amides is 2. The molecule has 1 unspecified atom stereocenters. The van der Waals surface area contributed by atoms with Gasteiger partial charge in [0.2, 0.25) is 11.8 Å². The van der Waals surface area contributed by atoms with Gasteiger partial charge in [0.25, 0.3) is 0 Å². The van der Waals surface area contributed by atoms with Crippen molar-refractivity contribution in [2.75, 3.05) is 32.2 Å². The number of hydrogen-bond acceptors (Lipinski definition) is 9. The Labute approximate surface area is 248 Å². The third-order valence-electron chi connectivity index (χ3n) is 6.77. The maximum atomic E-state index is 13.5. The molecule has 0 aromatic heterocycles. The number of phosphoric ester groups is 1. The van der Waals surface area contributed by atoms with Crippen LogP contribution in [0, 0.1) is 0 Å². The van der Waals surface area contributed by atoms with Crippen LogP contribution in [0.15, 0.2) is 48.5 Å². The van der Waals surface area contributed by atoms with E-state index in [-0.39, 0.29) is 37.4 Å². The summed E-state index contributed by atoms with van der Waals surface area (Å²) in [5.41, 5.74) is 10.9. The van der Waals surface area contributed by atoms with E-state index in [1.165, 1.54) is 12.1 Å². The number of rotatable bonds is 15. The van der Waals surface area contributed by atoms with Gasteiger partial charge >= 0.3 is 7.82 Å². The topological polar surface area (TPSA) is 149 Å². The lowest BCUT2D eigenvalue weighted by Crippen LogP contribution is -2.36. The minimum atomic E-state index is -3.51. The lowest BCUT2D eigenvalue weighted by molar-refractivity contribution is -0.125. The fourth-order valence-electron chi connectivity index (χ4n) is 4.77. The van der Waals surface area contributed by atoms with Crippen LogP contribution in [0.25, 0.3) is 11.4 Å². The molecule has 11 nitrogen and oxygen atoms in total. The molecule has 1 aliphatic heterocycles. The highest BCUT2D eigenvalue weighted by atomic mass is 31.2. The van der Waals surface area contributed by atoms with Crippen molar-refractivity contribution in [2.45, 2.75) is 65.0 Å². The summed E-state index contributed by atoms with van der Waals surface area (Å²) in [6, 6.07) is 15.2.